The van der Waals surface area contributed by atoms with Crippen LogP contribution in [0.5, 0.6) is 11.5 Å². The lowest BCUT2D eigenvalue weighted by molar-refractivity contribution is 0.00890. The number of benzene rings is 3. The van der Waals surface area contributed by atoms with Gasteiger partial charge in [0.05, 0.1) is 22.3 Å². The number of nitrogens with two attached hydrogens (primary N) is 1. The number of nitrogens with one attached hydrogen (secondary N) is 1. The highest BCUT2D eigenvalue weighted by molar-refractivity contribution is 6.34. The van der Waals surface area contributed by atoms with Crippen molar-refractivity contribution in [1.82, 2.24) is 5.32 Å². The number of ether oxygens (including phenoxy) is 2. The normalized spacial score (nSPS) is 25.6. The molecule has 1 aliphatic carbocycles. The molecule has 230 valence electrons. The predicted molar refractivity (Wildman–Crippen MR) is 161 cm³/mol. The van der Waals surface area contributed by atoms with E-state index in [1.165, 1.54) is 25.1 Å². The molecular formula is C33H37ClF2N2O5. The Morgan fingerprint density at radius 1 is 1.19 bits per heavy atom. The molecule has 1 heterocycles. The Hall–Kier alpha value is -3.24. The summed E-state index contributed by atoms with van der Waals surface area (Å²) in [6, 6.07) is 13.4. The molecule has 43 heavy (non-hydrogen) atoms. The van der Waals surface area contributed by atoms with Gasteiger partial charge >= 0.3 is 0 Å². The minimum Gasteiger partial charge on any atom is -0.488 e. The summed E-state index contributed by atoms with van der Waals surface area (Å²) < 4.78 is 43.9. The highest BCUT2D eigenvalue weighted by Crippen LogP contribution is 2.56. The van der Waals surface area contributed by atoms with Gasteiger partial charge in [-0.1, -0.05) is 48.9 Å². The third-order valence-electron chi connectivity index (χ3n) is 8.73. The van der Waals surface area contributed by atoms with Gasteiger partial charge in [-0.05, 0) is 57.2 Å². The summed E-state index contributed by atoms with van der Waals surface area (Å²) in [6.45, 7) is 5.36. The molecule has 5 N–H and O–H groups in total. The van der Waals surface area contributed by atoms with Gasteiger partial charge in [-0.15, -0.1) is 0 Å². The fourth-order valence-electron chi connectivity index (χ4n) is 6.28. The lowest BCUT2D eigenvalue weighted by atomic mass is 9.77. The summed E-state index contributed by atoms with van der Waals surface area (Å²) in [5, 5.41) is 23.4. The van der Waals surface area contributed by atoms with E-state index in [-0.39, 0.29) is 45.9 Å². The second-order valence-electron chi connectivity index (χ2n) is 12.0. The smallest absolute Gasteiger partial charge is 0.249 e. The van der Waals surface area contributed by atoms with Gasteiger partial charge in [0.15, 0.2) is 17.2 Å². The van der Waals surface area contributed by atoms with Gasteiger partial charge in [0.2, 0.25) is 5.91 Å². The minimum absolute atomic E-state index is 0.0375. The minimum atomic E-state index is -1.04. The number of amides is 1. The standard InChI is InChI=1S/C33H37ClF2N2O5/c1-18(39)16-42-24-10-9-22(31(37)40)27(30(24)36)28-26-19(2)33(20-7-5-4-6-8-20,43-25(26)15-23(35)29(28)34)17-38-21-11-13-32(3,41)14-12-21/h4-10,15,18-19,21,38-39,41H,11-14,16-17H2,1-3H3,(H2,37,40)/t18-,19-,21?,32?,33-/m0/s1. The van der Waals surface area contributed by atoms with E-state index in [2.05, 4.69) is 5.32 Å². The van der Waals surface area contributed by atoms with Crippen molar-refractivity contribution >= 4 is 17.5 Å². The lowest BCUT2D eigenvalue weighted by Crippen LogP contribution is -2.49. The third-order valence-corrected chi connectivity index (χ3v) is 9.10. The van der Waals surface area contributed by atoms with Crippen molar-refractivity contribution in [2.24, 2.45) is 5.73 Å². The second-order valence-corrected chi connectivity index (χ2v) is 12.4. The Balaban J connectivity index is 1.64. The van der Waals surface area contributed by atoms with Crippen LogP contribution in [0.25, 0.3) is 11.1 Å². The highest BCUT2D eigenvalue weighted by atomic mass is 35.5. The number of halogens is 3. The van der Waals surface area contributed by atoms with Gasteiger partial charge < -0.3 is 30.7 Å². The topological polar surface area (TPSA) is 114 Å². The van der Waals surface area contributed by atoms with Gasteiger partial charge in [-0.2, -0.15) is 0 Å². The number of hydrogen-bond donors (Lipinski definition) is 4. The van der Waals surface area contributed by atoms with Crippen LogP contribution in [0.2, 0.25) is 5.02 Å². The quantitative estimate of drug-likeness (QED) is 0.242. The number of hydrogen-bond acceptors (Lipinski definition) is 6. The summed E-state index contributed by atoms with van der Waals surface area (Å²) in [4.78, 5) is 12.6. The molecule has 5 rings (SSSR count). The van der Waals surface area contributed by atoms with Crippen molar-refractivity contribution in [2.45, 2.75) is 75.7 Å². The number of primary amides is 1. The first-order chi connectivity index (χ1) is 20.3. The van der Waals surface area contributed by atoms with Crippen molar-refractivity contribution in [1.29, 1.82) is 0 Å². The first-order valence-corrected chi connectivity index (χ1v) is 14.9. The first kappa shape index (κ1) is 31.2. The van der Waals surface area contributed by atoms with Crippen LogP contribution in [-0.2, 0) is 5.60 Å². The molecule has 0 bridgehead atoms. The molecule has 0 saturated heterocycles. The van der Waals surface area contributed by atoms with Crippen molar-refractivity contribution in [3.05, 3.63) is 81.9 Å². The lowest BCUT2D eigenvalue weighted by Gasteiger charge is -2.38. The van der Waals surface area contributed by atoms with E-state index in [1.54, 1.807) is 0 Å². The van der Waals surface area contributed by atoms with E-state index in [0.29, 0.717) is 24.9 Å². The molecule has 3 aromatic carbocycles. The third kappa shape index (κ3) is 5.96. The number of aliphatic hydroxyl groups is 2. The molecule has 0 spiro atoms. The molecule has 1 aliphatic heterocycles. The molecule has 0 radical (unpaired) electrons. The monoisotopic (exact) mass is 614 g/mol. The van der Waals surface area contributed by atoms with Crippen LogP contribution in [0.3, 0.4) is 0 Å². The van der Waals surface area contributed by atoms with E-state index in [1.807, 2.05) is 44.2 Å². The van der Waals surface area contributed by atoms with Crippen molar-refractivity contribution in [3.8, 4) is 22.6 Å². The Morgan fingerprint density at radius 3 is 2.49 bits per heavy atom. The zero-order chi connectivity index (χ0) is 31.1. The maximum Gasteiger partial charge on any atom is 0.249 e. The van der Waals surface area contributed by atoms with Crippen molar-refractivity contribution in [2.75, 3.05) is 13.2 Å². The molecule has 0 unspecified atom stereocenters. The van der Waals surface area contributed by atoms with E-state index < -0.39 is 40.8 Å². The van der Waals surface area contributed by atoms with Crippen LogP contribution >= 0.6 is 11.6 Å². The Bertz CT molecular complexity index is 1510. The summed E-state index contributed by atoms with van der Waals surface area (Å²) in [5.74, 6) is -3.31. The summed E-state index contributed by atoms with van der Waals surface area (Å²) in [5.41, 5.74) is 4.65. The first-order valence-electron chi connectivity index (χ1n) is 14.5. The predicted octanol–water partition coefficient (Wildman–Crippen LogP) is 5.82. The summed E-state index contributed by atoms with van der Waals surface area (Å²) >= 11 is 6.60. The second kappa shape index (κ2) is 12.0. The number of aliphatic hydroxyl groups excluding tert-OH is 1. The molecule has 0 aromatic heterocycles. The molecule has 3 aromatic rings. The zero-order valence-corrected chi connectivity index (χ0v) is 25.2. The number of carbonyl (C=O) groups excluding carboxylic acids is 1. The summed E-state index contributed by atoms with van der Waals surface area (Å²) in [7, 11) is 0. The van der Waals surface area contributed by atoms with Crippen LogP contribution < -0.4 is 20.5 Å². The molecule has 10 heteroatoms. The van der Waals surface area contributed by atoms with E-state index >= 15 is 8.78 Å². The van der Waals surface area contributed by atoms with Crippen LogP contribution in [0.4, 0.5) is 8.78 Å². The largest absolute Gasteiger partial charge is 0.488 e. The molecule has 7 nitrogen and oxygen atoms in total. The number of fused-ring (bicyclic) bond motifs is 1. The van der Waals surface area contributed by atoms with Crippen LogP contribution in [0, 0.1) is 11.6 Å². The van der Waals surface area contributed by atoms with Gasteiger partial charge in [0.25, 0.3) is 0 Å². The Labute approximate surface area is 255 Å². The molecule has 1 fully saturated rings. The molecular weight excluding hydrogens is 578 g/mol. The van der Waals surface area contributed by atoms with E-state index in [9.17, 15) is 15.0 Å². The van der Waals surface area contributed by atoms with Crippen molar-refractivity contribution in [3.63, 3.8) is 0 Å². The average Bonchev–Trinajstić information content (AvgIpc) is 3.24. The Kier molecular flexibility index (Phi) is 8.73. The Morgan fingerprint density at radius 2 is 1.86 bits per heavy atom. The van der Waals surface area contributed by atoms with Gasteiger partial charge in [-0.3, -0.25) is 4.79 Å². The average molecular weight is 615 g/mol. The highest BCUT2D eigenvalue weighted by Gasteiger charge is 2.50. The maximum absolute atomic E-state index is 16.2. The summed E-state index contributed by atoms with van der Waals surface area (Å²) in [6.07, 6.45) is 1.98. The fourth-order valence-corrected chi connectivity index (χ4v) is 6.53. The van der Waals surface area contributed by atoms with Crippen LogP contribution in [0.1, 0.15) is 73.9 Å². The number of rotatable bonds is 9. The van der Waals surface area contributed by atoms with Crippen LogP contribution in [-0.4, -0.2) is 47.0 Å². The van der Waals surface area contributed by atoms with Crippen LogP contribution in [0.15, 0.2) is 48.5 Å². The number of carbonyl (C=O) groups is 1. The zero-order valence-electron chi connectivity index (χ0n) is 24.4. The molecule has 1 saturated carbocycles. The van der Waals surface area contributed by atoms with Gasteiger partial charge in [0, 0.05) is 41.3 Å². The van der Waals surface area contributed by atoms with Crippen molar-refractivity contribution < 1.29 is 33.3 Å². The van der Waals surface area contributed by atoms with E-state index in [4.69, 9.17) is 26.8 Å². The fraction of sp³-hybridized carbons (Fsp3) is 0.424. The molecule has 3 atom stereocenters. The molecule has 1 amide bonds. The molecule has 2 aliphatic rings. The van der Waals surface area contributed by atoms with Gasteiger partial charge in [-0.25, -0.2) is 8.78 Å². The van der Waals surface area contributed by atoms with E-state index in [0.717, 1.165) is 18.4 Å². The maximum atomic E-state index is 16.2. The van der Waals surface area contributed by atoms with Gasteiger partial charge in [0.1, 0.15) is 18.2 Å². The SMILES string of the molecule is C[C@H](O)COc1ccc(C(N)=O)c(-c2c(Cl)c(F)cc3c2[C@H](C)[C@@](CNC2CCC(C)(O)CC2)(c2ccccc2)O3)c1F.